The van der Waals surface area contributed by atoms with E-state index in [0.717, 1.165) is 25.2 Å². The molecule has 0 spiro atoms. The number of ether oxygens (including phenoxy) is 1. The number of rotatable bonds is 4. The van der Waals surface area contributed by atoms with Gasteiger partial charge in [-0.15, -0.1) is 0 Å². The van der Waals surface area contributed by atoms with Crippen molar-refractivity contribution in [1.29, 1.82) is 0 Å². The van der Waals surface area contributed by atoms with Gasteiger partial charge in [-0.1, -0.05) is 30.3 Å². The lowest BCUT2D eigenvalue weighted by Crippen LogP contribution is -2.29. The van der Waals surface area contributed by atoms with Gasteiger partial charge in [0.05, 0.1) is 0 Å². The van der Waals surface area contributed by atoms with Crippen LogP contribution in [0.1, 0.15) is 11.1 Å². The van der Waals surface area contributed by atoms with Crippen molar-refractivity contribution in [1.82, 2.24) is 4.98 Å². The monoisotopic (exact) mass is 359 g/mol. The summed E-state index contributed by atoms with van der Waals surface area (Å²) in [7, 11) is 1.69. The smallest absolute Gasteiger partial charge is 0.410 e. The van der Waals surface area contributed by atoms with Gasteiger partial charge in [-0.2, -0.15) is 0 Å². The van der Waals surface area contributed by atoms with Crippen molar-refractivity contribution in [3.05, 3.63) is 84.2 Å². The van der Waals surface area contributed by atoms with E-state index >= 15 is 0 Å². The van der Waals surface area contributed by atoms with Crippen molar-refractivity contribution in [2.24, 2.45) is 0 Å². The maximum atomic E-state index is 12.4. The molecule has 1 amide bonds. The molecule has 2 heterocycles. The fourth-order valence-electron chi connectivity index (χ4n) is 3.32. The molecule has 0 bridgehead atoms. The third-order valence-corrected chi connectivity index (χ3v) is 4.79. The van der Waals surface area contributed by atoms with Crippen molar-refractivity contribution in [3.63, 3.8) is 0 Å². The highest BCUT2D eigenvalue weighted by Crippen LogP contribution is 2.32. The predicted molar refractivity (Wildman–Crippen MR) is 106 cm³/mol. The Morgan fingerprint density at radius 1 is 1.11 bits per heavy atom. The Kier molecular flexibility index (Phi) is 4.75. The number of carbonyl (C=O) groups is 1. The van der Waals surface area contributed by atoms with Crippen molar-refractivity contribution in [2.45, 2.75) is 13.0 Å². The van der Waals surface area contributed by atoms with Gasteiger partial charge in [0.2, 0.25) is 0 Å². The molecular weight excluding hydrogens is 338 g/mol. The third kappa shape index (κ3) is 3.77. The summed E-state index contributed by atoms with van der Waals surface area (Å²) in [6.45, 7) is 1.86. The van der Waals surface area contributed by atoms with Gasteiger partial charge >= 0.3 is 6.09 Å². The first-order chi connectivity index (χ1) is 13.2. The molecule has 3 aromatic rings. The Bertz CT molecular complexity index is 929. The van der Waals surface area contributed by atoms with Gasteiger partial charge in [0.1, 0.15) is 5.75 Å². The van der Waals surface area contributed by atoms with Crippen molar-refractivity contribution in [3.8, 4) is 5.75 Å². The number of hydrogen-bond acceptors (Lipinski definition) is 4. The van der Waals surface area contributed by atoms with Crippen LogP contribution < -0.4 is 14.5 Å². The summed E-state index contributed by atoms with van der Waals surface area (Å²) in [5.41, 5.74) is 4.45. The molecule has 2 aromatic carbocycles. The van der Waals surface area contributed by atoms with E-state index in [2.05, 4.69) is 34.1 Å². The summed E-state index contributed by atoms with van der Waals surface area (Å²) in [4.78, 5) is 20.2. The van der Waals surface area contributed by atoms with Crippen molar-refractivity contribution >= 4 is 17.5 Å². The van der Waals surface area contributed by atoms with E-state index in [1.54, 1.807) is 31.6 Å². The molecule has 0 unspecified atom stereocenters. The van der Waals surface area contributed by atoms with E-state index in [9.17, 15) is 4.79 Å². The summed E-state index contributed by atoms with van der Waals surface area (Å²) in [5.74, 6) is 0.571. The molecule has 0 radical (unpaired) electrons. The molecule has 27 heavy (non-hydrogen) atoms. The van der Waals surface area contributed by atoms with Crippen LogP contribution in [0.5, 0.6) is 5.75 Å². The number of nitrogens with zero attached hydrogens (tertiary/aromatic N) is 3. The van der Waals surface area contributed by atoms with Crippen LogP contribution in [-0.2, 0) is 13.0 Å². The molecule has 0 atom stereocenters. The minimum absolute atomic E-state index is 0.416. The molecule has 5 nitrogen and oxygen atoms in total. The average Bonchev–Trinajstić information content (AvgIpc) is 3.11. The molecule has 1 aliphatic rings. The molecule has 0 fully saturated rings. The number of anilines is 2. The van der Waals surface area contributed by atoms with Crippen LogP contribution in [0.2, 0.25) is 0 Å². The topological polar surface area (TPSA) is 45.7 Å². The maximum Gasteiger partial charge on any atom is 0.419 e. The van der Waals surface area contributed by atoms with Gasteiger partial charge in [0.25, 0.3) is 0 Å². The van der Waals surface area contributed by atoms with E-state index in [0.29, 0.717) is 5.75 Å². The van der Waals surface area contributed by atoms with Gasteiger partial charge in [-0.3, -0.25) is 9.88 Å². The summed E-state index contributed by atoms with van der Waals surface area (Å²) < 4.78 is 5.56. The summed E-state index contributed by atoms with van der Waals surface area (Å²) in [6.07, 6.45) is 3.83. The second-order valence-corrected chi connectivity index (χ2v) is 6.58. The highest BCUT2D eigenvalue weighted by molar-refractivity contribution is 5.88. The van der Waals surface area contributed by atoms with Crippen LogP contribution in [0, 0.1) is 0 Å². The standard InChI is InChI=1S/C22H21N3O2/c1-24(19-9-12-23-13-10-19)22(26)27-20-7-8-21-18(15-20)11-14-25(21)16-17-5-3-2-4-6-17/h2-10,12-13,15H,11,14,16H2,1H3. The van der Waals surface area contributed by atoms with Crippen molar-refractivity contribution < 1.29 is 9.53 Å². The van der Waals surface area contributed by atoms with Crippen LogP contribution in [0.15, 0.2) is 73.1 Å². The Morgan fingerprint density at radius 2 is 1.89 bits per heavy atom. The van der Waals surface area contributed by atoms with Gasteiger partial charge in [0, 0.05) is 43.9 Å². The summed E-state index contributed by atoms with van der Waals surface area (Å²) in [6, 6.07) is 19.9. The van der Waals surface area contributed by atoms with Crippen LogP contribution in [0.25, 0.3) is 0 Å². The van der Waals surface area contributed by atoms with Crippen LogP contribution in [0.4, 0.5) is 16.2 Å². The van der Waals surface area contributed by atoms with Crippen LogP contribution in [0.3, 0.4) is 0 Å². The zero-order chi connectivity index (χ0) is 18.6. The minimum atomic E-state index is -0.416. The number of pyridine rings is 1. The lowest BCUT2D eigenvalue weighted by atomic mass is 10.1. The molecule has 0 aliphatic carbocycles. The number of hydrogen-bond donors (Lipinski definition) is 0. The average molecular weight is 359 g/mol. The largest absolute Gasteiger partial charge is 0.419 e. The zero-order valence-electron chi connectivity index (χ0n) is 15.2. The van der Waals surface area contributed by atoms with Gasteiger partial charge < -0.3 is 9.64 Å². The second kappa shape index (κ2) is 7.50. The normalized spacial score (nSPS) is 12.6. The first-order valence-corrected chi connectivity index (χ1v) is 8.98. The van der Waals surface area contributed by atoms with E-state index in [1.807, 2.05) is 24.3 Å². The number of amides is 1. The molecule has 136 valence electrons. The number of benzene rings is 2. The van der Waals surface area contributed by atoms with Gasteiger partial charge in [-0.05, 0) is 47.9 Å². The summed E-state index contributed by atoms with van der Waals surface area (Å²) >= 11 is 0. The first kappa shape index (κ1) is 17.1. The third-order valence-electron chi connectivity index (χ3n) is 4.79. The fourth-order valence-corrected chi connectivity index (χ4v) is 3.32. The molecule has 4 rings (SSSR count). The Labute approximate surface area is 158 Å². The Morgan fingerprint density at radius 3 is 2.67 bits per heavy atom. The molecule has 1 aromatic heterocycles. The Hall–Kier alpha value is -3.34. The maximum absolute atomic E-state index is 12.4. The lowest BCUT2D eigenvalue weighted by Gasteiger charge is -2.20. The number of carbonyl (C=O) groups excluding carboxylic acids is 1. The second-order valence-electron chi connectivity index (χ2n) is 6.58. The first-order valence-electron chi connectivity index (χ1n) is 8.98. The molecular formula is C22H21N3O2. The van der Waals surface area contributed by atoms with Crippen LogP contribution in [-0.4, -0.2) is 24.7 Å². The van der Waals surface area contributed by atoms with E-state index in [-0.39, 0.29) is 0 Å². The fraction of sp³-hybridized carbons (Fsp3) is 0.182. The Balaban J connectivity index is 1.45. The van der Waals surface area contributed by atoms with Crippen molar-refractivity contribution in [2.75, 3.05) is 23.4 Å². The lowest BCUT2D eigenvalue weighted by molar-refractivity contribution is 0.209. The summed E-state index contributed by atoms with van der Waals surface area (Å²) in [5, 5.41) is 0. The minimum Gasteiger partial charge on any atom is -0.410 e. The van der Waals surface area contributed by atoms with E-state index < -0.39 is 6.09 Å². The number of fused-ring (bicyclic) bond motifs is 1. The molecule has 0 N–H and O–H groups in total. The molecule has 1 aliphatic heterocycles. The SMILES string of the molecule is CN(C(=O)Oc1ccc2c(c1)CCN2Cc1ccccc1)c1ccncc1. The zero-order valence-corrected chi connectivity index (χ0v) is 15.2. The highest BCUT2D eigenvalue weighted by atomic mass is 16.6. The molecule has 0 saturated heterocycles. The van der Waals surface area contributed by atoms with E-state index in [4.69, 9.17) is 4.74 Å². The van der Waals surface area contributed by atoms with E-state index in [1.165, 1.54) is 21.7 Å². The predicted octanol–water partition coefficient (Wildman–Crippen LogP) is 4.28. The number of aromatic nitrogens is 1. The van der Waals surface area contributed by atoms with Gasteiger partial charge in [0.15, 0.2) is 0 Å². The van der Waals surface area contributed by atoms with Gasteiger partial charge in [-0.25, -0.2) is 4.79 Å². The quantitative estimate of drug-likeness (QED) is 0.697. The van der Waals surface area contributed by atoms with Crippen LogP contribution >= 0.6 is 0 Å². The highest BCUT2D eigenvalue weighted by Gasteiger charge is 2.21. The molecule has 5 heteroatoms. The molecule has 0 saturated carbocycles.